The van der Waals surface area contributed by atoms with Gasteiger partial charge in [0.1, 0.15) is 45.4 Å². The average Bonchev–Trinajstić information content (AvgIpc) is 3.29. The minimum Gasteiger partial charge on any atom is -0.244 e. The molecule has 0 aliphatic heterocycles. The molecule has 0 aliphatic carbocycles. The fourth-order valence-corrected chi connectivity index (χ4v) is 10.1. The Morgan fingerprint density at radius 1 is 0.289 bits per heavy atom. The van der Waals surface area contributed by atoms with Gasteiger partial charge in [0.15, 0.2) is 0 Å². The zero-order valence-electron chi connectivity index (χ0n) is 58.2. The lowest BCUT2D eigenvalue weighted by Gasteiger charge is -2.39. The van der Waals surface area contributed by atoms with E-state index in [9.17, 15) is 35.1 Å². The Kier molecular flexibility index (Phi) is 54.4. The first-order chi connectivity index (χ1) is 34.0. The number of halogens is 8. The number of alkyl halides is 8. The molecule has 0 aromatic heterocycles. The maximum atomic E-state index is 14.0. The van der Waals surface area contributed by atoms with Crippen LogP contribution in [0, 0.1) is 52.8 Å². The van der Waals surface area contributed by atoms with Gasteiger partial charge in [-0.05, 0) is 187 Å². The molecule has 0 saturated heterocycles. The smallest absolute Gasteiger partial charge is 0.113 e. The van der Waals surface area contributed by atoms with E-state index in [1.54, 1.807) is 62.3 Å². The first-order valence-corrected chi connectivity index (χ1v) is 31.5. The number of hydrogen-bond acceptors (Lipinski definition) is 0. The summed E-state index contributed by atoms with van der Waals surface area (Å²) in [5.74, 6) is 2.46. The van der Waals surface area contributed by atoms with Gasteiger partial charge in [0.2, 0.25) is 0 Å². The predicted molar refractivity (Wildman–Crippen MR) is 332 cm³/mol. The van der Waals surface area contributed by atoms with E-state index in [1.807, 2.05) is 90.0 Å². The van der Waals surface area contributed by atoms with Gasteiger partial charge in [-0.3, -0.25) is 0 Å². The highest BCUT2D eigenvalue weighted by molar-refractivity contribution is 4.90. The lowest BCUT2D eigenvalue weighted by Crippen LogP contribution is -2.38. The second-order valence-corrected chi connectivity index (χ2v) is 26.5. The Balaban J connectivity index is -0.000000117. The zero-order valence-corrected chi connectivity index (χ0v) is 58.2. The highest BCUT2D eigenvalue weighted by Gasteiger charge is 2.41. The molecule has 0 nitrogen and oxygen atoms in total. The van der Waals surface area contributed by atoms with Crippen LogP contribution in [0.25, 0.3) is 0 Å². The largest absolute Gasteiger partial charge is 0.244 e. The van der Waals surface area contributed by atoms with Crippen molar-refractivity contribution in [2.45, 2.75) is 390 Å². The molecule has 0 aromatic rings. The Bertz CT molecular complexity index is 1200. The van der Waals surface area contributed by atoms with Crippen molar-refractivity contribution in [2.75, 3.05) is 0 Å². The molecule has 0 bridgehead atoms. The summed E-state index contributed by atoms with van der Waals surface area (Å²) >= 11 is 0. The van der Waals surface area contributed by atoms with E-state index in [1.165, 1.54) is 0 Å². The van der Waals surface area contributed by atoms with Crippen LogP contribution in [0.5, 0.6) is 0 Å². The van der Waals surface area contributed by atoms with Gasteiger partial charge in [-0.2, -0.15) is 0 Å². The topological polar surface area (TPSA) is 0 Å². The lowest BCUT2D eigenvalue weighted by molar-refractivity contribution is 0.00941. The highest BCUT2D eigenvalue weighted by Crippen LogP contribution is 2.43. The summed E-state index contributed by atoms with van der Waals surface area (Å²) in [7, 11) is 0. The Hall–Kier alpha value is -0.560. The molecule has 0 unspecified atom stereocenters. The predicted octanol–water partition coefficient (Wildman–Crippen LogP) is 26.8. The molecule has 0 aliphatic rings. The van der Waals surface area contributed by atoms with Crippen molar-refractivity contribution in [3.8, 4) is 0 Å². The van der Waals surface area contributed by atoms with Crippen molar-refractivity contribution in [1.29, 1.82) is 0 Å². The van der Waals surface area contributed by atoms with Gasteiger partial charge in [0.25, 0.3) is 0 Å². The van der Waals surface area contributed by atoms with Crippen molar-refractivity contribution >= 4 is 0 Å². The van der Waals surface area contributed by atoms with Crippen molar-refractivity contribution < 1.29 is 35.1 Å². The zero-order chi connectivity index (χ0) is 63.1. The average molecular weight is 1110 g/mol. The third kappa shape index (κ3) is 46.1. The maximum Gasteiger partial charge on any atom is 0.113 e. The standard InChI is InChI=1S/C11H23F.2C10H21F.C9H19F.C8H17F.2C7H15F.C6H13F/c1-7-11(6,12)10(8(2)3)9(4)5;1-7(2)9(8(3)4)10(5,6)11;1-6-9(4,7-2)10(5,11)8-3;1-5-8(6-2)9(4,10)7-3;1-4-6-8(3,9)7-5-2;1-5-7(4,8)6(2)3;1-4-6-7(3,8)5-2;1-4-6(3,7)5-2/h8-10H,7H2,1-6H3;7-9H,1-6H3;6-8H2,1-5H3;8H,5-7H2,1-4H3;4-7H2,1-3H3;6H,5H2,1-4H3;4-6H2,1-3H3;4-5H2,1-3H3/t11-;;10-;9-;;2*7-;/m0.00.00./s1. The molecule has 0 aromatic carbocycles. The molecule has 0 amide bonds. The van der Waals surface area contributed by atoms with E-state index in [-0.39, 0.29) is 29.1 Å². The fraction of sp³-hybridized carbons (Fsp3) is 1.00. The molecule has 0 saturated carbocycles. The van der Waals surface area contributed by atoms with Gasteiger partial charge in [0.05, 0.1) is 0 Å². The van der Waals surface area contributed by atoms with Gasteiger partial charge < -0.3 is 0 Å². The van der Waals surface area contributed by atoms with E-state index >= 15 is 0 Å². The first kappa shape index (κ1) is 91.9. The summed E-state index contributed by atoms with van der Waals surface area (Å²) in [6.07, 6.45) is 13.1. The highest BCUT2D eigenvalue weighted by atomic mass is 19.2. The minimum atomic E-state index is -1.04. The van der Waals surface area contributed by atoms with E-state index in [4.69, 9.17) is 0 Å². The monoisotopic (exact) mass is 1110 g/mol. The van der Waals surface area contributed by atoms with Gasteiger partial charge >= 0.3 is 0 Å². The Labute approximate surface area is 476 Å². The summed E-state index contributed by atoms with van der Waals surface area (Å²) in [4.78, 5) is 0. The normalized spacial score (nSPS) is 16.0. The summed E-state index contributed by atoms with van der Waals surface area (Å²) in [6, 6.07) is 0. The fourth-order valence-electron chi connectivity index (χ4n) is 10.1. The molecule has 0 radical (unpaired) electrons. The van der Waals surface area contributed by atoms with Gasteiger partial charge in [-0.25, -0.2) is 35.1 Å². The van der Waals surface area contributed by atoms with E-state index in [0.29, 0.717) is 87.9 Å². The molecule has 5 atom stereocenters. The van der Waals surface area contributed by atoms with Crippen LogP contribution in [0.1, 0.15) is 345 Å². The number of rotatable bonds is 26. The quantitative estimate of drug-likeness (QED) is 0.0758. The summed E-state index contributed by atoms with van der Waals surface area (Å²) in [5, 5.41) is 0. The van der Waals surface area contributed by atoms with Crippen molar-refractivity contribution in [2.24, 2.45) is 52.8 Å². The molecular formula is C68H144F8. The minimum absolute atomic E-state index is 0.137. The SMILES string of the molecule is CC(C)C(C(C)C)C(C)(C)F.CCC(C)(CC)[C@@](C)(F)CC.CCC(C)(F)CC.CCC(CC)[C@@](C)(F)CC.CCCC(C)(F)CCC.CCC[C@@](C)(F)CC.CC[C@](C)(F)C(C(C)C)C(C)C.CC[C@](C)(F)C(C)C. The molecule has 8 heteroatoms. The van der Waals surface area contributed by atoms with Crippen LogP contribution >= 0.6 is 0 Å². The van der Waals surface area contributed by atoms with Crippen LogP contribution in [-0.2, 0) is 0 Å². The summed E-state index contributed by atoms with van der Waals surface area (Å²) < 4.78 is 106. The number of hydrogen-bond donors (Lipinski definition) is 0. The van der Waals surface area contributed by atoms with E-state index < -0.39 is 45.4 Å². The van der Waals surface area contributed by atoms with Crippen molar-refractivity contribution in [3.63, 3.8) is 0 Å². The Morgan fingerprint density at radius 3 is 0.645 bits per heavy atom. The summed E-state index contributed by atoms with van der Waals surface area (Å²) in [5.41, 5.74) is -7.80. The van der Waals surface area contributed by atoms with Crippen molar-refractivity contribution in [1.82, 2.24) is 0 Å². The van der Waals surface area contributed by atoms with Gasteiger partial charge in [-0.15, -0.1) is 0 Å². The molecule has 472 valence electrons. The second-order valence-electron chi connectivity index (χ2n) is 26.5. The third-order valence-corrected chi connectivity index (χ3v) is 17.5. The van der Waals surface area contributed by atoms with Gasteiger partial charge in [-0.1, -0.05) is 205 Å². The van der Waals surface area contributed by atoms with Crippen LogP contribution in [0.15, 0.2) is 0 Å². The van der Waals surface area contributed by atoms with Crippen LogP contribution in [0.3, 0.4) is 0 Å². The molecule has 0 fully saturated rings. The molecule has 0 rings (SSSR count). The lowest BCUT2D eigenvalue weighted by atomic mass is 9.70. The molecular weight excluding hydrogens is 969 g/mol. The van der Waals surface area contributed by atoms with Crippen molar-refractivity contribution in [3.05, 3.63) is 0 Å². The van der Waals surface area contributed by atoms with Crippen LogP contribution in [-0.4, -0.2) is 45.4 Å². The second kappa shape index (κ2) is 45.0. The third-order valence-electron chi connectivity index (χ3n) is 17.5. The van der Waals surface area contributed by atoms with Crippen LogP contribution in [0.4, 0.5) is 35.1 Å². The molecule has 0 spiro atoms. The van der Waals surface area contributed by atoms with E-state index in [0.717, 1.165) is 44.9 Å². The van der Waals surface area contributed by atoms with E-state index in [2.05, 4.69) is 83.1 Å². The first-order valence-electron chi connectivity index (χ1n) is 31.5. The molecule has 0 heterocycles. The summed E-state index contributed by atoms with van der Waals surface area (Å²) in [6.45, 7) is 65.4. The van der Waals surface area contributed by atoms with Crippen LogP contribution < -0.4 is 0 Å². The van der Waals surface area contributed by atoms with Gasteiger partial charge in [0, 0.05) is 5.41 Å². The maximum absolute atomic E-state index is 14.0. The van der Waals surface area contributed by atoms with Crippen LogP contribution in [0.2, 0.25) is 0 Å². The molecule has 76 heavy (non-hydrogen) atoms. The Morgan fingerprint density at radius 2 is 0.566 bits per heavy atom. The molecule has 0 N–H and O–H groups in total.